The van der Waals surface area contributed by atoms with Gasteiger partial charge in [0.05, 0.1) is 0 Å². The Balaban J connectivity index is 1.54. The summed E-state index contributed by atoms with van der Waals surface area (Å²) in [5.74, 6) is -1.89. The summed E-state index contributed by atoms with van der Waals surface area (Å²) in [5.41, 5.74) is 4.44. The topological polar surface area (TPSA) is 125 Å². The molecule has 3 rings (SSSR count). The SMILES string of the molecule is CC[C@H](NC(=O)OCC1c2ccccc2-c2ccccc21)C(=O)NCCC(O)C(=O)O. The van der Waals surface area contributed by atoms with Crippen molar-refractivity contribution in [2.45, 2.75) is 37.8 Å². The van der Waals surface area contributed by atoms with Crippen molar-refractivity contribution in [1.82, 2.24) is 10.6 Å². The Labute approximate surface area is 180 Å². The predicted molar refractivity (Wildman–Crippen MR) is 114 cm³/mol. The van der Waals surface area contributed by atoms with Gasteiger partial charge in [0, 0.05) is 18.9 Å². The van der Waals surface area contributed by atoms with Crippen LogP contribution in [0.4, 0.5) is 4.79 Å². The van der Waals surface area contributed by atoms with Crippen LogP contribution in [0.5, 0.6) is 0 Å². The standard InChI is InChI=1S/C23H26N2O6/c1-2-19(21(27)24-12-11-20(26)22(28)29)25-23(30)31-13-18-16-9-5-3-7-14(16)15-8-4-6-10-17(15)18/h3-10,18-20,26H,2,11-13H2,1H3,(H,24,27)(H,25,30)(H,28,29)/t19-,20?/m0/s1. The fourth-order valence-corrected chi connectivity index (χ4v) is 3.71. The van der Waals surface area contributed by atoms with Gasteiger partial charge < -0.3 is 25.6 Å². The van der Waals surface area contributed by atoms with Gasteiger partial charge in [-0.15, -0.1) is 0 Å². The van der Waals surface area contributed by atoms with Crippen LogP contribution in [0.15, 0.2) is 48.5 Å². The first-order valence-corrected chi connectivity index (χ1v) is 10.2. The number of hydrogen-bond acceptors (Lipinski definition) is 5. The molecule has 0 aromatic heterocycles. The molecule has 2 amide bonds. The number of carbonyl (C=O) groups is 3. The van der Waals surface area contributed by atoms with E-state index < -0.39 is 30.1 Å². The number of alkyl carbamates (subject to hydrolysis) is 1. The number of aliphatic hydroxyl groups excluding tert-OH is 1. The van der Waals surface area contributed by atoms with Crippen LogP contribution in [0.1, 0.15) is 36.8 Å². The summed E-state index contributed by atoms with van der Waals surface area (Å²) < 4.78 is 5.45. The Kier molecular flexibility index (Phi) is 7.25. The number of aliphatic carboxylic acids is 1. The van der Waals surface area contributed by atoms with Crippen molar-refractivity contribution in [2.24, 2.45) is 0 Å². The third kappa shape index (κ3) is 5.21. The molecule has 0 spiro atoms. The highest BCUT2D eigenvalue weighted by molar-refractivity contribution is 5.85. The molecule has 8 nitrogen and oxygen atoms in total. The molecular formula is C23H26N2O6. The Morgan fingerprint density at radius 1 is 1.03 bits per heavy atom. The molecule has 4 N–H and O–H groups in total. The lowest BCUT2D eigenvalue weighted by Gasteiger charge is -2.19. The van der Waals surface area contributed by atoms with E-state index in [-0.39, 0.29) is 25.5 Å². The molecule has 8 heteroatoms. The number of amides is 2. The normalized spacial score (nSPS) is 14.1. The van der Waals surface area contributed by atoms with Crippen LogP contribution in [0, 0.1) is 0 Å². The van der Waals surface area contributed by atoms with Gasteiger partial charge in [0.15, 0.2) is 6.10 Å². The largest absolute Gasteiger partial charge is 0.479 e. The van der Waals surface area contributed by atoms with Gasteiger partial charge in [-0.1, -0.05) is 55.5 Å². The second-order valence-corrected chi connectivity index (χ2v) is 7.36. The first kappa shape index (κ1) is 22.3. The van der Waals surface area contributed by atoms with E-state index in [2.05, 4.69) is 10.6 Å². The lowest BCUT2D eigenvalue weighted by molar-refractivity contribution is -0.147. The highest BCUT2D eigenvalue weighted by Crippen LogP contribution is 2.44. The van der Waals surface area contributed by atoms with Crippen LogP contribution >= 0.6 is 0 Å². The number of carboxylic acids is 1. The van der Waals surface area contributed by atoms with Crippen molar-refractivity contribution in [2.75, 3.05) is 13.2 Å². The second-order valence-electron chi connectivity index (χ2n) is 7.36. The van der Waals surface area contributed by atoms with Crippen LogP contribution in [0.25, 0.3) is 11.1 Å². The molecule has 2 aromatic carbocycles. The van der Waals surface area contributed by atoms with Gasteiger partial charge >= 0.3 is 12.1 Å². The number of benzene rings is 2. The molecule has 2 atom stereocenters. The number of rotatable bonds is 9. The summed E-state index contributed by atoms with van der Waals surface area (Å²) in [6, 6.07) is 15.2. The van der Waals surface area contributed by atoms with Gasteiger partial charge in [-0.3, -0.25) is 4.79 Å². The molecule has 164 valence electrons. The van der Waals surface area contributed by atoms with Gasteiger partial charge in [-0.2, -0.15) is 0 Å². The van der Waals surface area contributed by atoms with Crippen LogP contribution in [-0.4, -0.2) is 53.5 Å². The Hall–Kier alpha value is -3.39. The molecule has 31 heavy (non-hydrogen) atoms. The number of carboxylic acid groups (broad SMARTS) is 1. The minimum Gasteiger partial charge on any atom is -0.479 e. The molecular weight excluding hydrogens is 400 g/mol. The van der Waals surface area contributed by atoms with E-state index in [1.807, 2.05) is 48.5 Å². The fraction of sp³-hybridized carbons (Fsp3) is 0.348. The van der Waals surface area contributed by atoms with E-state index in [0.717, 1.165) is 22.3 Å². The van der Waals surface area contributed by atoms with E-state index >= 15 is 0 Å². The Morgan fingerprint density at radius 2 is 1.61 bits per heavy atom. The molecule has 0 aliphatic heterocycles. The zero-order valence-corrected chi connectivity index (χ0v) is 17.2. The quantitative estimate of drug-likeness (QED) is 0.487. The Morgan fingerprint density at radius 3 is 2.16 bits per heavy atom. The highest BCUT2D eigenvalue weighted by atomic mass is 16.5. The van der Waals surface area contributed by atoms with E-state index in [1.165, 1.54) is 0 Å². The van der Waals surface area contributed by atoms with Gasteiger partial charge in [-0.25, -0.2) is 9.59 Å². The minimum atomic E-state index is -1.55. The van der Waals surface area contributed by atoms with Crippen molar-refractivity contribution in [3.05, 3.63) is 59.7 Å². The number of ether oxygens (including phenoxy) is 1. The zero-order valence-electron chi connectivity index (χ0n) is 17.2. The maximum Gasteiger partial charge on any atom is 0.407 e. The van der Waals surface area contributed by atoms with Gasteiger partial charge in [0.1, 0.15) is 12.6 Å². The lowest BCUT2D eigenvalue weighted by Crippen LogP contribution is -2.47. The summed E-state index contributed by atoms with van der Waals surface area (Å²) in [4.78, 5) is 35.2. The molecule has 0 radical (unpaired) electrons. The predicted octanol–water partition coefficient (Wildman–Crippen LogP) is 2.26. The minimum absolute atomic E-state index is 0.0187. The zero-order chi connectivity index (χ0) is 22.4. The van der Waals surface area contributed by atoms with Crippen molar-refractivity contribution < 1.29 is 29.3 Å². The van der Waals surface area contributed by atoms with Gasteiger partial charge in [0.25, 0.3) is 0 Å². The number of nitrogens with one attached hydrogen (secondary N) is 2. The summed E-state index contributed by atoms with van der Waals surface area (Å²) in [6.45, 7) is 1.86. The molecule has 0 saturated carbocycles. The smallest absolute Gasteiger partial charge is 0.407 e. The van der Waals surface area contributed by atoms with E-state index in [4.69, 9.17) is 9.84 Å². The molecule has 0 fully saturated rings. The molecule has 0 saturated heterocycles. The van der Waals surface area contributed by atoms with Crippen LogP contribution < -0.4 is 10.6 Å². The molecule has 0 heterocycles. The van der Waals surface area contributed by atoms with E-state index in [0.29, 0.717) is 6.42 Å². The maximum absolute atomic E-state index is 12.3. The Bertz CT molecular complexity index is 915. The van der Waals surface area contributed by atoms with Crippen molar-refractivity contribution in [1.29, 1.82) is 0 Å². The average molecular weight is 426 g/mol. The highest BCUT2D eigenvalue weighted by Gasteiger charge is 2.29. The summed E-state index contributed by atoms with van der Waals surface area (Å²) in [7, 11) is 0. The fourth-order valence-electron chi connectivity index (χ4n) is 3.71. The van der Waals surface area contributed by atoms with Crippen LogP contribution in [-0.2, 0) is 14.3 Å². The van der Waals surface area contributed by atoms with Gasteiger partial charge in [-0.05, 0) is 28.7 Å². The van der Waals surface area contributed by atoms with Crippen molar-refractivity contribution in [3.63, 3.8) is 0 Å². The maximum atomic E-state index is 12.3. The van der Waals surface area contributed by atoms with E-state index in [1.54, 1.807) is 6.92 Å². The van der Waals surface area contributed by atoms with Crippen LogP contribution in [0.3, 0.4) is 0 Å². The monoisotopic (exact) mass is 426 g/mol. The summed E-state index contributed by atoms with van der Waals surface area (Å²) in [5, 5.41) is 23.0. The molecule has 0 bridgehead atoms. The first-order valence-electron chi connectivity index (χ1n) is 10.2. The van der Waals surface area contributed by atoms with Crippen molar-refractivity contribution >= 4 is 18.0 Å². The average Bonchev–Trinajstić information content (AvgIpc) is 3.09. The van der Waals surface area contributed by atoms with Gasteiger partial charge in [0.2, 0.25) is 5.91 Å². The summed E-state index contributed by atoms with van der Waals surface area (Å²) in [6.07, 6.45) is -2.04. The third-order valence-electron chi connectivity index (χ3n) is 5.36. The molecule has 1 unspecified atom stereocenters. The number of aliphatic hydroxyl groups is 1. The third-order valence-corrected chi connectivity index (χ3v) is 5.36. The number of fused-ring (bicyclic) bond motifs is 3. The lowest BCUT2D eigenvalue weighted by atomic mass is 9.98. The van der Waals surface area contributed by atoms with E-state index in [9.17, 15) is 19.5 Å². The number of hydrogen-bond donors (Lipinski definition) is 4. The number of carbonyl (C=O) groups excluding carboxylic acids is 2. The summed E-state index contributed by atoms with van der Waals surface area (Å²) >= 11 is 0. The molecule has 1 aliphatic carbocycles. The first-order chi connectivity index (χ1) is 14.9. The molecule has 1 aliphatic rings. The van der Waals surface area contributed by atoms with Crippen molar-refractivity contribution in [3.8, 4) is 11.1 Å². The molecule has 2 aromatic rings. The second kappa shape index (κ2) is 10.1. The van der Waals surface area contributed by atoms with Crippen LogP contribution in [0.2, 0.25) is 0 Å².